The van der Waals surface area contributed by atoms with Crippen molar-refractivity contribution in [3.05, 3.63) is 23.9 Å². The van der Waals surface area contributed by atoms with Crippen LogP contribution >= 0.6 is 0 Å². The maximum atomic E-state index is 12.5. The lowest BCUT2D eigenvalue weighted by atomic mass is 10.0. The minimum atomic E-state index is -0.00694. The Balaban J connectivity index is 1.39. The SMILES string of the molecule is CC(C)CN1CCN(c2ccc(C(=O)NCCCCCCCCCCCCCCCCCCO)cn2)CC1. The fraction of sp³-hybridized carbons (Fsp3) is 0.812. The van der Waals surface area contributed by atoms with Crippen LogP contribution in [0.4, 0.5) is 5.82 Å². The molecule has 218 valence electrons. The molecule has 1 saturated heterocycles. The second-order valence-corrected chi connectivity index (χ2v) is 11.7. The van der Waals surface area contributed by atoms with E-state index in [1.54, 1.807) is 6.20 Å². The fourth-order valence-electron chi connectivity index (χ4n) is 5.40. The van der Waals surface area contributed by atoms with Crippen molar-refractivity contribution >= 4 is 11.7 Å². The summed E-state index contributed by atoms with van der Waals surface area (Å²) in [5.74, 6) is 1.68. The van der Waals surface area contributed by atoms with Gasteiger partial charge in [-0.15, -0.1) is 0 Å². The van der Waals surface area contributed by atoms with Crippen molar-refractivity contribution in [1.82, 2.24) is 15.2 Å². The summed E-state index contributed by atoms with van der Waals surface area (Å²) < 4.78 is 0. The van der Waals surface area contributed by atoms with Gasteiger partial charge in [0, 0.05) is 52.1 Å². The van der Waals surface area contributed by atoms with Crippen LogP contribution in [-0.2, 0) is 0 Å². The Morgan fingerprint density at radius 3 is 1.74 bits per heavy atom. The van der Waals surface area contributed by atoms with Crippen molar-refractivity contribution in [1.29, 1.82) is 0 Å². The molecular weight excluding hydrogens is 472 g/mol. The molecule has 1 aliphatic heterocycles. The number of aromatic nitrogens is 1. The Morgan fingerprint density at radius 1 is 0.789 bits per heavy atom. The van der Waals surface area contributed by atoms with Gasteiger partial charge in [-0.25, -0.2) is 4.98 Å². The van der Waals surface area contributed by atoms with Crippen LogP contribution in [0.2, 0.25) is 0 Å². The summed E-state index contributed by atoms with van der Waals surface area (Å²) in [6, 6.07) is 3.91. The van der Waals surface area contributed by atoms with Crippen LogP contribution < -0.4 is 10.2 Å². The first kappa shape index (κ1) is 32.6. The number of amides is 1. The number of rotatable bonds is 22. The maximum absolute atomic E-state index is 12.5. The molecule has 0 aromatic carbocycles. The molecule has 0 unspecified atom stereocenters. The topological polar surface area (TPSA) is 68.7 Å². The summed E-state index contributed by atoms with van der Waals surface area (Å²) in [4.78, 5) is 21.9. The molecule has 2 heterocycles. The van der Waals surface area contributed by atoms with Crippen LogP contribution in [0, 0.1) is 5.92 Å². The van der Waals surface area contributed by atoms with Crippen LogP contribution in [0.25, 0.3) is 0 Å². The number of unbranched alkanes of at least 4 members (excludes halogenated alkanes) is 15. The van der Waals surface area contributed by atoms with Gasteiger partial charge in [0.05, 0.1) is 5.56 Å². The number of carbonyl (C=O) groups is 1. The second kappa shape index (κ2) is 21.2. The van der Waals surface area contributed by atoms with Crippen LogP contribution in [0.3, 0.4) is 0 Å². The van der Waals surface area contributed by atoms with Crippen molar-refractivity contribution in [3.8, 4) is 0 Å². The Kier molecular flexibility index (Phi) is 18.2. The number of aliphatic hydroxyl groups excluding tert-OH is 1. The lowest BCUT2D eigenvalue weighted by Crippen LogP contribution is -2.47. The number of aliphatic hydroxyl groups is 1. The van der Waals surface area contributed by atoms with E-state index < -0.39 is 0 Å². The summed E-state index contributed by atoms with van der Waals surface area (Å²) in [5, 5.41) is 11.8. The summed E-state index contributed by atoms with van der Waals surface area (Å²) in [6.07, 6.45) is 22.4. The first-order chi connectivity index (χ1) is 18.6. The molecule has 2 N–H and O–H groups in total. The number of carbonyl (C=O) groups excluding carboxylic acids is 1. The predicted molar refractivity (Wildman–Crippen MR) is 161 cm³/mol. The van der Waals surface area contributed by atoms with Gasteiger partial charge in [-0.3, -0.25) is 9.69 Å². The number of anilines is 1. The molecule has 0 radical (unpaired) electrons. The van der Waals surface area contributed by atoms with Crippen molar-refractivity contribution in [2.24, 2.45) is 5.92 Å². The summed E-state index contributed by atoms with van der Waals surface area (Å²) in [7, 11) is 0. The Hall–Kier alpha value is -1.66. The van der Waals surface area contributed by atoms with E-state index in [1.807, 2.05) is 12.1 Å². The highest BCUT2D eigenvalue weighted by atomic mass is 16.2. The second-order valence-electron chi connectivity index (χ2n) is 11.7. The zero-order valence-electron chi connectivity index (χ0n) is 24.8. The van der Waals surface area contributed by atoms with E-state index in [2.05, 4.69) is 33.9 Å². The van der Waals surface area contributed by atoms with E-state index in [1.165, 1.54) is 89.9 Å². The minimum Gasteiger partial charge on any atom is -0.396 e. The van der Waals surface area contributed by atoms with Crippen LogP contribution in [-0.4, -0.2) is 66.8 Å². The van der Waals surface area contributed by atoms with Crippen LogP contribution in [0.15, 0.2) is 18.3 Å². The van der Waals surface area contributed by atoms with Gasteiger partial charge >= 0.3 is 0 Å². The zero-order valence-corrected chi connectivity index (χ0v) is 24.8. The van der Waals surface area contributed by atoms with Gasteiger partial charge in [-0.05, 0) is 30.9 Å². The molecule has 2 rings (SSSR count). The monoisotopic (exact) mass is 530 g/mol. The number of piperazine rings is 1. The van der Waals surface area contributed by atoms with Gasteiger partial charge in [0.25, 0.3) is 5.91 Å². The van der Waals surface area contributed by atoms with Gasteiger partial charge in [0.15, 0.2) is 0 Å². The summed E-state index contributed by atoms with van der Waals surface area (Å²) >= 11 is 0. The van der Waals surface area contributed by atoms with Crippen LogP contribution in [0.5, 0.6) is 0 Å². The Morgan fingerprint density at radius 2 is 1.29 bits per heavy atom. The lowest BCUT2D eigenvalue weighted by molar-refractivity contribution is 0.0952. The highest BCUT2D eigenvalue weighted by molar-refractivity contribution is 5.94. The van der Waals surface area contributed by atoms with Gasteiger partial charge in [0.1, 0.15) is 5.82 Å². The number of nitrogens with one attached hydrogen (secondary N) is 1. The van der Waals surface area contributed by atoms with E-state index >= 15 is 0 Å². The number of nitrogens with zero attached hydrogens (tertiary/aromatic N) is 3. The van der Waals surface area contributed by atoms with Gasteiger partial charge in [-0.1, -0.05) is 104 Å². The molecule has 1 aromatic heterocycles. The molecule has 1 aliphatic rings. The Bertz CT molecular complexity index is 702. The molecule has 1 fully saturated rings. The van der Waals surface area contributed by atoms with Crippen LogP contribution in [0.1, 0.15) is 127 Å². The van der Waals surface area contributed by atoms with E-state index in [-0.39, 0.29) is 5.91 Å². The maximum Gasteiger partial charge on any atom is 0.252 e. The summed E-state index contributed by atoms with van der Waals surface area (Å²) in [5.41, 5.74) is 0.658. The van der Waals surface area contributed by atoms with E-state index in [9.17, 15) is 4.79 Å². The molecule has 0 spiro atoms. The van der Waals surface area contributed by atoms with Gasteiger partial charge in [0.2, 0.25) is 0 Å². The molecule has 6 nitrogen and oxygen atoms in total. The smallest absolute Gasteiger partial charge is 0.252 e. The third kappa shape index (κ3) is 15.1. The minimum absolute atomic E-state index is 0.00694. The molecular formula is C32H58N4O2. The van der Waals surface area contributed by atoms with E-state index in [0.717, 1.165) is 57.9 Å². The van der Waals surface area contributed by atoms with E-state index in [0.29, 0.717) is 18.1 Å². The number of hydrogen-bond acceptors (Lipinski definition) is 5. The number of pyridine rings is 1. The average molecular weight is 531 g/mol. The van der Waals surface area contributed by atoms with Crippen molar-refractivity contribution in [3.63, 3.8) is 0 Å². The summed E-state index contributed by atoms with van der Waals surface area (Å²) in [6.45, 7) is 11.0. The van der Waals surface area contributed by atoms with E-state index in [4.69, 9.17) is 5.11 Å². The highest BCUT2D eigenvalue weighted by Gasteiger charge is 2.18. The molecule has 38 heavy (non-hydrogen) atoms. The third-order valence-electron chi connectivity index (χ3n) is 7.70. The molecule has 1 amide bonds. The number of hydrogen-bond donors (Lipinski definition) is 2. The third-order valence-corrected chi connectivity index (χ3v) is 7.70. The molecule has 0 bridgehead atoms. The largest absolute Gasteiger partial charge is 0.396 e. The van der Waals surface area contributed by atoms with Crippen molar-refractivity contribution in [2.75, 3.05) is 50.8 Å². The lowest BCUT2D eigenvalue weighted by Gasteiger charge is -2.36. The standard InChI is InChI=1S/C32H58N4O2/c1-29(2)28-35-22-24-36(25-23-35)31-20-19-30(27-34-31)32(38)33-21-17-15-13-11-9-7-5-3-4-6-8-10-12-14-16-18-26-37/h19-20,27,29,37H,3-18,21-26,28H2,1-2H3,(H,33,38). The normalized spacial score (nSPS) is 14.4. The van der Waals surface area contributed by atoms with Crippen molar-refractivity contribution < 1.29 is 9.90 Å². The molecule has 0 aliphatic carbocycles. The Labute approximate surface area is 234 Å². The van der Waals surface area contributed by atoms with Gasteiger partial charge in [-0.2, -0.15) is 0 Å². The molecule has 0 saturated carbocycles. The highest BCUT2D eigenvalue weighted by Crippen LogP contribution is 2.16. The average Bonchev–Trinajstić information content (AvgIpc) is 2.92. The fourth-order valence-corrected chi connectivity index (χ4v) is 5.40. The van der Waals surface area contributed by atoms with Gasteiger partial charge < -0.3 is 15.3 Å². The molecule has 6 heteroatoms. The van der Waals surface area contributed by atoms with Crippen molar-refractivity contribution in [2.45, 2.75) is 117 Å². The first-order valence-electron chi connectivity index (χ1n) is 15.9. The predicted octanol–water partition coefficient (Wildman–Crippen LogP) is 6.82. The quantitative estimate of drug-likeness (QED) is 0.161. The molecule has 1 aromatic rings. The molecule has 0 atom stereocenters. The first-order valence-corrected chi connectivity index (χ1v) is 15.9. The zero-order chi connectivity index (χ0) is 27.3.